The number of H-pyrrole nitrogens is 1. The Labute approximate surface area is 113 Å². The van der Waals surface area contributed by atoms with Gasteiger partial charge in [-0.2, -0.15) is 0 Å². The second-order valence-corrected chi connectivity index (χ2v) is 6.42. The standard InChI is InChI=1S/C13H23N5O/c1-8(14)9-5-6-18(7-9)11(19)10-15-12(17-16-10)13(2,3)4/h8-9H,5-7,14H2,1-4H3,(H,15,16,17). The summed E-state index contributed by atoms with van der Waals surface area (Å²) in [5.74, 6) is 1.27. The highest BCUT2D eigenvalue weighted by atomic mass is 16.2. The summed E-state index contributed by atoms with van der Waals surface area (Å²) in [6.45, 7) is 9.53. The van der Waals surface area contributed by atoms with Crippen LogP contribution in [-0.4, -0.2) is 45.1 Å². The van der Waals surface area contributed by atoms with Crippen molar-refractivity contribution >= 4 is 5.91 Å². The quantitative estimate of drug-likeness (QED) is 0.832. The third-order valence-corrected chi connectivity index (χ3v) is 3.64. The molecule has 1 amide bonds. The van der Waals surface area contributed by atoms with Gasteiger partial charge in [-0.25, -0.2) is 4.98 Å². The lowest BCUT2D eigenvalue weighted by Crippen LogP contribution is -2.33. The second kappa shape index (κ2) is 4.92. The van der Waals surface area contributed by atoms with Crippen molar-refractivity contribution in [1.29, 1.82) is 0 Å². The van der Waals surface area contributed by atoms with E-state index in [-0.39, 0.29) is 23.2 Å². The predicted octanol–water partition coefficient (Wildman–Crippen LogP) is 0.911. The zero-order valence-electron chi connectivity index (χ0n) is 12.1. The smallest absolute Gasteiger partial charge is 0.293 e. The molecule has 19 heavy (non-hydrogen) atoms. The van der Waals surface area contributed by atoms with Crippen molar-refractivity contribution in [3.8, 4) is 0 Å². The van der Waals surface area contributed by atoms with E-state index < -0.39 is 0 Å². The van der Waals surface area contributed by atoms with Gasteiger partial charge in [0, 0.05) is 24.5 Å². The molecular formula is C13H23N5O. The maximum absolute atomic E-state index is 12.3. The van der Waals surface area contributed by atoms with Gasteiger partial charge in [-0.3, -0.25) is 9.89 Å². The molecular weight excluding hydrogens is 242 g/mol. The Morgan fingerprint density at radius 1 is 1.53 bits per heavy atom. The van der Waals surface area contributed by atoms with Crippen LogP contribution in [0.1, 0.15) is 50.6 Å². The minimum absolute atomic E-state index is 0.102. The Morgan fingerprint density at radius 2 is 2.21 bits per heavy atom. The van der Waals surface area contributed by atoms with E-state index in [1.54, 1.807) is 4.90 Å². The van der Waals surface area contributed by atoms with E-state index in [2.05, 4.69) is 15.2 Å². The Bertz CT molecular complexity index is 460. The molecule has 1 aromatic heterocycles. The highest BCUT2D eigenvalue weighted by Crippen LogP contribution is 2.21. The highest BCUT2D eigenvalue weighted by Gasteiger charge is 2.31. The van der Waals surface area contributed by atoms with Gasteiger partial charge in [-0.05, 0) is 19.3 Å². The van der Waals surface area contributed by atoms with Crippen molar-refractivity contribution in [3.05, 3.63) is 11.6 Å². The maximum Gasteiger partial charge on any atom is 0.293 e. The lowest BCUT2D eigenvalue weighted by atomic mass is 9.96. The van der Waals surface area contributed by atoms with Crippen molar-refractivity contribution in [2.24, 2.45) is 11.7 Å². The number of aromatic nitrogens is 3. The first-order valence-electron chi connectivity index (χ1n) is 6.77. The number of hydrogen-bond donors (Lipinski definition) is 2. The monoisotopic (exact) mass is 265 g/mol. The minimum Gasteiger partial charge on any atom is -0.336 e. The topological polar surface area (TPSA) is 87.9 Å². The van der Waals surface area contributed by atoms with Gasteiger partial charge in [-0.1, -0.05) is 20.8 Å². The van der Waals surface area contributed by atoms with E-state index in [1.165, 1.54) is 0 Å². The molecule has 0 aliphatic carbocycles. The first-order chi connectivity index (χ1) is 8.79. The molecule has 1 aliphatic rings. The molecule has 0 spiro atoms. The Kier molecular flexibility index (Phi) is 3.62. The van der Waals surface area contributed by atoms with Crippen LogP contribution in [-0.2, 0) is 5.41 Å². The zero-order chi connectivity index (χ0) is 14.2. The molecule has 3 N–H and O–H groups in total. The van der Waals surface area contributed by atoms with Gasteiger partial charge in [-0.15, -0.1) is 5.10 Å². The van der Waals surface area contributed by atoms with Gasteiger partial charge in [0.25, 0.3) is 5.91 Å². The van der Waals surface area contributed by atoms with Gasteiger partial charge >= 0.3 is 0 Å². The molecule has 2 atom stereocenters. The molecule has 6 heteroatoms. The van der Waals surface area contributed by atoms with E-state index in [4.69, 9.17) is 5.73 Å². The van der Waals surface area contributed by atoms with Crippen LogP contribution in [0.3, 0.4) is 0 Å². The van der Waals surface area contributed by atoms with Gasteiger partial charge in [0.2, 0.25) is 5.82 Å². The number of carbonyl (C=O) groups is 1. The first-order valence-corrected chi connectivity index (χ1v) is 6.77. The molecule has 2 heterocycles. The van der Waals surface area contributed by atoms with Crippen LogP contribution in [0.5, 0.6) is 0 Å². The number of likely N-dealkylation sites (tertiary alicyclic amines) is 1. The SMILES string of the molecule is CC(N)C1CCN(C(=O)c2n[nH]c(C(C)(C)C)n2)C1. The molecule has 1 saturated heterocycles. The van der Waals surface area contributed by atoms with Crippen molar-refractivity contribution in [2.45, 2.75) is 45.6 Å². The fourth-order valence-electron chi connectivity index (χ4n) is 2.24. The first kappa shape index (κ1) is 14.0. The number of rotatable bonds is 2. The number of nitrogens with zero attached hydrogens (tertiary/aromatic N) is 3. The summed E-state index contributed by atoms with van der Waals surface area (Å²) in [5.41, 5.74) is 5.75. The Hall–Kier alpha value is -1.43. The summed E-state index contributed by atoms with van der Waals surface area (Å²) in [6, 6.07) is 0.120. The fraction of sp³-hybridized carbons (Fsp3) is 0.769. The molecule has 1 aromatic rings. The van der Waals surface area contributed by atoms with Crippen molar-refractivity contribution in [3.63, 3.8) is 0 Å². The molecule has 0 radical (unpaired) electrons. The van der Waals surface area contributed by atoms with E-state index in [9.17, 15) is 4.79 Å². The van der Waals surface area contributed by atoms with Crippen LogP contribution in [0, 0.1) is 5.92 Å². The zero-order valence-corrected chi connectivity index (χ0v) is 12.1. The predicted molar refractivity (Wildman–Crippen MR) is 72.7 cm³/mol. The second-order valence-electron chi connectivity index (χ2n) is 6.42. The van der Waals surface area contributed by atoms with Crippen molar-refractivity contribution in [1.82, 2.24) is 20.1 Å². The number of carbonyl (C=O) groups excluding carboxylic acids is 1. The third-order valence-electron chi connectivity index (χ3n) is 3.64. The van der Waals surface area contributed by atoms with Gasteiger partial charge in [0.15, 0.2) is 0 Å². The number of aromatic amines is 1. The van der Waals surface area contributed by atoms with Gasteiger partial charge < -0.3 is 10.6 Å². The number of nitrogens with two attached hydrogens (primary N) is 1. The molecule has 0 aromatic carbocycles. The van der Waals surface area contributed by atoms with E-state index >= 15 is 0 Å². The summed E-state index contributed by atoms with van der Waals surface area (Å²) >= 11 is 0. The van der Waals surface area contributed by atoms with Crippen LogP contribution in [0.4, 0.5) is 0 Å². The maximum atomic E-state index is 12.3. The lowest BCUT2D eigenvalue weighted by Gasteiger charge is -2.16. The van der Waals surface area contributed by atoms with Gasteiger partial charge in [0.05, 0.1) is 0 Å². The molecule has 2 rings (SSSR count). The van der Waals surface area contributed by atoms with Gasteiger partial charge in [0.1, 0.15) is 5.82 Å². The molecule has 6 nitrogen and oxygen atoms in total. The average Bonchev–Trinajstić information content (AvgIpc) is 2.97. The molecule has 1 aliphatic heterocycles. The summed E-state index contributed by atoms with van der Waals surface area (Å²) < 4.78 is 0. The fourth-order valence-corrected chi connectivity index (χ4v) is 2.24. The minimum atomic E-state index is -0.134. The van der Waals surface area contributed by atoms with Crippen LogP contribution in [0.15, 0.2) is 0 Å². The van der Waals surface area contributed by atoms with E-state index in [0.717, 1.165) is 18.8 Å². The highest BCUT2D eigenvalue weighted by molar-refractivity contribution is 5.90. The number of hydrogen-bond acceptors (Lipinski definition) is 4. The van der Waals surface area contributed by atoms with E-state index in [0.29, 0.717) is 12.5 Å². The Balaban J connectivity index is 2.07. The summed E-state index contributed by atoms with van der Waals surface area (Å²) in [7, 11) is 0. The third kappa shape index (κ3) is 2.94. The average molecular weight is 265 g/mol. The molecule has 106 valence electrons. The lowest BCUT2D eigenvalue weighted by molar-refractivity contribution is 0.0774. The number of nitrogens with one attached hydrogen (secondary N) is 1. The summed E-state index contributed by atoms with van der Waals surface area (Å²) in [6.07, 6.45) is 0.958. The van der Waals surface area contributed by atoms with E-state index in [1.807, 2.05) is 27.7 Å². The molecule has 0 bridgehead atoms. The largest absolute Gasteiger partial charge is 0.336 e. The summed E-state index contributed by atoms with van der Waals surface area (Å²) in [5, 5.41) is 6.89. The van der Waals surface area contributed by atoms with Crippen molar-refractivity contribution < 1.29 is 4.79 Å². The number of amides is 1. The Morgan fingerprint density at radius 3 is 2.68 bits per heavy atom. The molecule has 2 unspecified atom stereocenters. The summed E-state index contributed by atoms with van der Waals surface area (Å²) in [4.78, 5) is 18.4. The normalized spacial score (nSPS) is 21.7. The van der Waals surface area contributed by atoms with Crippen LogP contribution in [0.25, 0.3) is 0 Å². The van der Waals surface area contributed by atoms with Crippen molar-refractivity contribution in [2.75, 3.05) is 13.1 Å². The molecule has 1 fully saturated rings. The van der Waals surface area contributed by atoms with Crippen LogP contribution in [0.2, 0.25) is 0 Å². The van der Waals surface area contributed by atoms with Crippen LogP contribution < -0.4 is 5.73 Å². The molecule has 0 saturated carbocycles. The van der Waals surface area contributed by atoms with Crippen LogP contribution >= 0.6 is 0 Å².